The van der Waals surface area contributed by atoms with Gasteiger partial charge in [0.25, 0.3) is 0 Å². The van der Waals surface area contributed by atoms with Gasteiger partial charge in [0, 0.05) is 71.1 Å². The highest BCUT2D eigenvalue weighted by Gasteiger charge is 2.14. The quantitative estimate of drug-likeness (QED) is 0.423. The number of rotatable bonds is 8. The molecule has 1 aliphatic rings. The summed E-state index contributed by atoms with van der Waals surface area (Å²) in [7, 11) is 1.84. The van der Waals surface area contributed by atoms with Crippen LogP contribution in [0, 0.1) is 0 Å². The number of benzene rings is 1. The van der Waals surface area contributed by atoms with Gasteiger partial charge in [0.15, 0.2) is 5.96 Å². The van der Waals surface area contributed by atoms with Gasteiger partial charge in [0.2, 0.25) is 0 Å². The number of aromatic nitrogens is 1. The third kappa shape index (κ3) is 5.71. The van der Waals surface area contributed by atoms with Crippen LogP contribution < -0.4 is 10.6 Å². The lowest BCUT2D eigenvalue weighted by Gasteiger charge is -2.34. The molecule has 1 aromatic carbocycles. The molecule has 2 heterocycles. The first-order valence-corrected chi connectivity index (χ1v) is 10.2. The molecule has 3 rings (SSSR count). The number of nitrogens with zero attached hydrogens (tertiary/aromatic N) is 4. The van der Waals surface area contributed by atoms with E-state index in [9.17, 15) is 0 Å². The molecule has 1 fully saturated rings. The monoisotopic (exact) mass is 370 g/mol. The van der Waals surface area contributed by atoms with Gasteiger partial charge in [-0.3, -0.25) is 9.89 Å². The lowest BCUT2D eigenvalue weighted by molar-refractivity contribution is 0.139. The molecule has 148 valence electrons. The number of hydrogen-bond donors (Lipinski definition) is 2. The number of likely N-dealkylation sites (N-methyl/N-ethyl adjacent to an activating group) is 1. The molecule has 1 saturated heterocycles. The Labute approximate surface area is 163 Å². The number of nitrogens with one attached hydrogen (secondary N) is 2. The van der Waals surface area contributed by atoms with Crippen molar-refractivity contribution in [2.45, 2.75) is 19.9 Å². The van der Waals surface area contributed by atoms with Gasteiger partial charge >= 0.3 is 0 Å². The van der Waals surface area contributed by atoms with E-state index in [1.807, 2.05) is 7.05 Å². The molecule has 1 aliphatic heterocycles. The molecule has 2 N–H and O–H groups in total. The zero-order chi connectivity index (χ0) is 18.9. The molecule has 0 amide bonds. The summed E-state index contributed by atoms with van der Waals surface area (Å²) in [6.07, 6.45) is 3.24. The fourth-order valence-electron chi connectivity index (χ4n) is 3.67. The van der Waals surface area contributed by atoms with Crippen molar-refractivity contribution >= 4 is 16.9 Å². The number of hydrogen-bond acceptors (Lipinski definition) is 3. The Bertz CT molecular complexity index is 714. The third-order valence-corrected chi connectivity index (χ3v) is 5.40. The fraction of sp³-hybridized carbons (Fsp3) is 0.571. The lowest BCUT2D eigenvalue weighted by Crippen LogP contribution is -2.49. The predicted octanol–water partition coefficient (Wildman–Crippen LogP) is 1.83. The van der Waals surface area contributed by atoms with Crippen molar-refractivity contribution in [3.05, 3.63) is 36.5 Å². The lowest BCUT2D eigenvalue weighted by atomic mass is 10.2. The van der Waals surface area contributed by atoms with Gasteiger partial charge in [-0.1, -0.05) is 25.1 Å². The first-order chi connectivity index (χ1) is 13.3. The molecule has 0 spiro atoms. The third-order valence-electron chi connectivity index (χ3n) is 5.40. The van der Waals surface area contributed by atoms with Crippen molar-refractivity contribution in [2.75, 3.05) is 59.4 Å². The molecule has 2 aromatic rings. The van der Waals surface area contributed by atoms with Crippen LogP contribution in [0.4, 0.5) is 0 Å². The van der Waals surface area contributed by atoms with Crippen LogP contribution in [0.2, 0.25) is 0 Å². The summed E-state index contributed by atoms with van der Waals surface area (Å²) in [5.74, 6) is 0.902. The van der Waals surface area contributed by atoms with E-state index in [-0.39, 0.29) is 0 Å². The highest BCUT2D eigenvalue weighted by Crippen LogP contribution is 2.15. The van der Waals surface area contributed by atoms with E-state index < -0.39 is 0 Å². The molecule has 0 aliphatic carbocycles. The molecule has 1 aromatic heterocycles. The maximum absolute atomic E-state index is 4.34. The van der Waals surface area contributed by atoms with Crippen molar-refractivity contribution in [2.24, 2.45) is 4.99 Å². The Morgan fingerprint density at radius 2 is 1.70 bits per heavy atom. The van der Waals surface area contributed by atoms with Gasteiger partial charge in [-0.25, -0.2) is 0 Å². The molecule has 0 atom stereocenters. The summed E-state index contributed by atoms with van der Waals surface area (Å²) in [4.78, 5) is 9.38. The maximum Gasteiger partial charge on any atom is 0.191 e. The van der Waals surface area contributed by atoms with Crippen LogP contribution in [0.1, 0.15) is 13.3 Å². The molecular weight excluding hydrogens is 336 g/mol. The first-order valence-electron chi connectivity index (χ1n) is 10.2. The van der Waals surface area contributed by atoms with Crippen molar-refractivity contribution in [3.63, 3.8) is 0 Å². The van der Waals surface area contributed by atoms with Gasteiger partial charge in [0.1, 0.15) is 0 Å². The second-order valence-corrected chi connectivity index (χ2v) is 7.12. The smallest absolute Gasteiger partial charge is 0.191 e. The van der Waals surface area contributed by atoms with Crippen LogP contribution in [0.15, 0.2) is 41.5 Å². The van der Waals surface area contributed by atoms with Gasteiger partial charge in [-0.05, 0) is 30.5 Å². The van der Waals surface area contributed by atoms with Gasteiger partial charge in [-0.2, -0.15) is 0 Å². The normalized spacial score (nSPS) is 16.7. The van der Waals surface area contributed by atoms with Gasteiger partial charge in [-0.15, -0.1) is 0 Å². The standard InChI is InChI=1S/C21H34N6/c1-3-25-15-17-26(18-16-25)14-11-24-21(22-2)23-10-6-12-27-13-9-19-7-4-5-8-20(19)27/h4-5,7-9,13H,3,6,10-12,14-18H2,1-2H3,(H2,22,23,24). The van der Waals surface area contributed by atoms with E-state index in [0.29, 0.717) is 0 Å². The number of aryl methyl sites for hydroxylation is 1. The van der Waals surface area contributed by atoms with E-state index in [1.165, 1.54) is 43.6 Å². The van der Waals surface area contributed by atoms with Crippen LogP contribution in [0.5, 0.6) is 0 Å². The van der Waals surface area contributed by atoms with Crippen LogP contribution in [-0.4, -0.2) is 79.7 Å². The van der Waals surface area contributed by atoms with E-state index in [0.717, 1.165) is 38.6 Å². The average Bonchev–Trinajstić information content (AvgIpc) is 3.13. The summed E-state index contributed by atoms with van der Waals surface area (Å²) in [6, 6.07) is 10.7. The average molecular weight is 371 g/mol. The van der Waals surface area contributed by atoms with Gasteiger partial charge in [0.05, 0.1) is 0 Å². The Kier molecular flexibility index (Phi) is 7.54. The van der Waals surface area contributed by atoms with E-state index in [1.54, 1.807) is 0 Å². The first kappa shape index (κ1) is 19.7. The maximum atomic E-state index is 4.34. The minimum Gasteiger partial charge on any atom is -0.356 e. The number of aliphatic imine (C=N–C) groups is 1. The molecule has 0 bridgehead atoms. The summed E-state index contributed by atoms with van der Waals surface area (Å²) < 4.78 is 2.32. The molecule has 0 saturated carbocycles. The van der Waals surface area contributed by atoms with E-state index in [4.69, 9.17) is 0 Å². The number of para-hydroxylation sites is 1. The van der Waals surface area contributed by atoms with Crippen molar-refractivity contribution in [1.82, 2.24) is 25.0 Å². The van der Waals surface area contributed by atoms with Crippen molar-refractivity contribution in [3.8, 4) is 0 Å². The molecule has 6 heteroatoms. The predicted molar refractivity (Wildman–Crippen MR) is 114 cm³/mol. The highest BCUT2D eigenvalue weighted by molar-refractivity contribution is 5.80. The summed E-state index contributed by atoms with van der Waals surface area (Å²) in [6.45, 7) is 12.1. The van der Waals surface area contributed by atoms with E-state index in [2.05, 4.69) is 73.4 Å². The molecule has 6 nitrogen and oxygen atoms in total. The van der Waals surface area contributed by atoms with Crippen molar-refractivity contribution in [1.29, 1.82) is 0 Å². The minimum absolute atomic E-state index is 0.902. The summed E-state index contributed by atoms with van der Waals surface area (Å²) in [5.41, 5.74) is 1.31. The Balaban J connectivity index is 1.31. The molecule has 27 heavy (non-hydrogen) atoms. The van der Waals surface area contributed by atoms with Crippen molar-refractivity contribution < 1.29 is 0 Å². The summed E-state index contributed by atoms with van der Waals surface area (Å²) >= 11 is 0. The van der Waals surface area contributed by atoms with Crippen LogP contribution in [0.3, 0.4) is 0 Å². The second kappa shape index (κ2) is 10.3. The van der Waals surface area contributed by atoms with Crippen LogP contribution >= 0.6 is 0 Å². The SMILES string of the molecule is CCN1CCN(CCNC(=NC)NCCCn2ccc3ccccc32)CC1. The topological polar surface area (TPSA) is 47.8 Å². The minimum atomic E-state index is 0.902. The molecular formula is C21H34N6. The van der Waals surface area contributed by atoms with Crippen LogP contribution in [-0.2, 0) is 6.54 Å². The summed E-state index contributed by atoms with van der Waals surface area (Å²) in [5, 5.41) is 8.18. The zero-order valence-corrected chi connectivity index (χ0v) is 16.8. The second-order valence-electron chi connectivity index (χ2n) is 7.12. The Hall–Kier alpha value is -2.05. The van der Waals surface area contributed by atoms with E-state index >= 15 is 0 Å². The molecule has 0 radical (unpaired) electrons. The highest BCUT2D eigenvalue weighted by atomic mass is 15.3. The number of guanidine groups is 1. The van der Waals surface area contributed by atoms with Gasteiger partial charge < -0.3 is 20.1 Å². The number of piperazine rings is 1. The zero-order valence-electron chi connectivity index (χ0n) is 16.8. The molecule has 0 unspecified atom stereocenters. The van der Waals surface area contributed by atoms with Crippen LogP contribution in [0.25, 0.3) is 10.9 Å². The Morgan fingerprint density at radius 1 is 0.963 bits per heavy atom. The number of fused-ring (bicyclic) bond motifs is 1. The Morgan fingerprint density at radius 3 is 2.48 bits per heavy atom. The fourth-order valence-corrected chi connectivity index (χ4v) is 3.67. The largest absolute Gasteiger partial charge is 0.356 e.